The summed E-state index contributed by atoms with van der Waals surface area (Å²) in [7, 11) is -2.01. The summed E-state index contributed by atoms with van der Waals surface area (Å²) in [6, 6.07) is 6.93. The van der Waals surface area contributed by atoms with Crippen LogP contribution in [0.1, 0.15) is 6.92 Å². The lowest BCUT2D eigenvalue weighted by atomic mass is 10.2. The lowest BCUT2D eigenvalue weighted by Gasteiger charge is -2.11. The van der Waals surface area contributed by atoms with Gasteiger partial charge in [-0.25, -0.2) is 0 Å². The van der Waals surface area contributed by atoms with Crippen molar-refractivity contribution >= 4 is 32.7 Å². The van der Waals surface area contributed by atoms with Gasteiger partial charge in [0.2, 0.25) is 0 Å². The normalized spacial score (nSPS) is 13.4. The summed E-state index contributed by atoms with van der Waals surface area (Å²) in [5, 5.41) is 0. The minimum atomic E-state index is -3.56. The van der Waals surface area contributed by atoms with Gasteiger partial charge in [0.1, 0.15) is 5.75 Å². The fourth-order valence-corrected chi connectivity index (χ4v) is 3.15. The molecular formula is C11H15IO4S. The van der Waals surface area contributed by atoms with E-state index in [2.05, 4.69) is 22.6 Å². The number of hydrogen-bond acceptors (Lipinski definition) is 4. The number of ether oxygens (including phenoxy) is 1. The third-order valence-electron chi connectivity index (χ3n) is 1.96. The van der Waals surface area contributed by atoms with Crippen LogP contribution in [0.3, 0.4) is 0 Å². The fraction of sp³-hybridized carbons (Fsp3) is 0.455. The Morgan fingerprint density at radius 2 is 2.12 bits per heavy atom. The molecule has 0 spiro atoms. The molecule has 0 heterocycles. The molecule has 0 aliphatic carbocycles. The summed E-state index contributed by atoms with van der Waals surface area (Å²) in [5.74, 6) is 0.209. The maximum Gasteiger partial charge on any atom is 0.309 e. The van der Waals surface area contributed by atoms with Gasteiger partial charge >= 0.3 is 10.1 Å². The summed E-state index contributed by atoms with van der Waals surface area (Å²) in [6.07, 6.45) is 0. The van der Waals surface area contributed by atoms with Crippen molar-refractivity contribution in [2.24, 2.45) is 5.92 Å². The van der Waals surface area contributed by atoms with Crippen LogP contribution in [0, 0.1) is 9.49 Å². The Morgan fingerprint density at radius 3 is 2.71 bits per heavy atom. The summed E-state index contributed by atoms with van der Waals surface area (Å²) < 4.78 is 34.3. The molecule has 0 saturated carbocycles. The zero-order valence-electron chi connectivity index (χ0n) is 9.72. The Bertz CT molecular complexity index is 458. The lowest BCUT2D eigenvalue weighted by Crippen LogP contribution is -2.21. The van der Waals surface area contributed by atoms with Gasteiger partial charge < -0.3 is 8.92 Å². The second kappa shape index (κ2) is 6.55. The van der Waals surface area contributed by atoms with Gasteiger partial charge in [-0.1, -0.05) is 13.0 Å². The molecule has 0 bridgehead atoms. The Balaban J connectivity index is 2.67. The highest BCUT2D eigenvalue weighted by atomic mass is 127. The van der Waals surface area contributed by atoms with E-state index in [4.69, 9.17) is 8.92 Å². The van der Waals surface area contributed by atoms with Crippen LogP contribution < -0.4 is 4.18 Å². The molecule has 0 aliphatic heterocycles. The first-order chi connectivity index (χ1) is 7.93. The topological polar surface area (TPSA) is 52.6 Å². The smallest absolute Gasteiger partial charge is 0.309 e. The molecule has 0 aromatic heterocycles. The van der Waals surface area contributed by atoms with Gasteiger partial charge in [-0.15, -0.1) is 0 Å². The first-order valence-electron chi connectivity index (χ1n) is 5.09. The van der Waals surface area contributed by atoms with Gasteiger partial charge in [-0.05, 0) is 46.7 Å². The van der Waals surface area contributed by atoms with Crippen LogP contribution in [0.2, 0.25) is 0 Å². The van der Waals surface area contributed by atoms with Crippen molar-refractivity contribution in [3.63, 3.8) is 0 Å². The van der Waals surface area contributed by atoms with E-state index in [0.717, 1.165) is 3.57 Å². The molecule has 0 amide bonds. The van der Waals surface area contributed by atoms with Crippen molar-refractivity contribution in [3.8, 4) is 5.75 Å². The van der Waals surface area contributed by atoms with Crippen LogP contribution in [0.4, 0.5) is 0 Å². The molecule has 4 nitrogen and oxygen atoms in total. The number of methoxy groups -OCH3 is 1. The minimum absolute atomic E-state index is 0.0493. The van der Waals surface area contributed by atoms with Crippen LogP contribution in [0.15, 0.2) is 24.3 Å². The standard InChI is InChI=1S/C11H15IO4S/c1-9(7-15-2)8-17(13,14)16-11-5-3-4-10(12)6-11/h3-6,9H,7-8H2,1-2H3/t9-/m1/s1. The van der Waals surface area contributed by atoms with E-state index in [9.17, 15) is 8.42 Å². The van der Waals surface area contributed by atoms with Gasteiger partial charge in [-0.3, -0.25) is 0 Å². The zero-order chi connectivity index (χ0) is 12.9. The summed E-state index contributed by atoms with van der Waals surface area (Å²) in [5.41, 5.74) is 0. The van der Waals surface area contributed by atoms with Crippen molar-refractivity contribution in [1.29, 1.82) is 0 Å². The third kappa shape index (κ3) is 5.69. The summed E-state index contributed by atoms with van der Waals surface area (Å²) in [4.78, 5) is 0. The first kappa shape index (κ1) is 14.7. The molecule has 1 atom stereocenters. The number of rotatable bonds is 6. The first-order valence-corrected chi connectivity index (χ1v) is 7.75. The van der Waals surface area contributed by atoms with E-state index in [0.29, 0.717) is 12.4 Å². The lowest BCUT2D eigenvalue weighted by molar-refractivity contribution is 0.167. The number of hydrogen-bond donors (Lipinski definition) is 0. The average molecular weight is 370 g/mol. The van der Waals surface area contributed by atoms with Crippen molar-refractivity contribution in [2.75, 3.05) is 19.5 Å². The van der Waals surface area contributed by atoms with Crippen molar-refractivity contribution < 1.29 is 17.3 Å². The Hall–Kier alpha value is -0.340. The molecule has 0 saturated heterocycles. The van der Waals surface area contributed by atoms with Crippen molar-refractivity contribution in [2.45, 2.75) is 6.92 Å². The van der Waals surface area contributed by atoms with Crippen molar-refractivity contribution in [1.82, 2.24) is 0 Å². The predicted molar refractivity (Wildman–Crippen MR) is 74.6 cm³/mol. The molecule has 6 heteroatoms. The highest BCUT2D eigenvalue weighted by Crippen LogP contribution is 2.17. The molecular weight excluding hydrogens is 355 g/mol. The second-order valence-electron chi connectivity index (χ2n) is 3.83. The van der Waals surface area contributed by atoms with Crippen LogP contribution in [-0.4, -0.2) is 27.9 Å². The largest absolute Gasteiger partial charge is 0.384 e. The highest BCUT2D eigenvalue weighted by molar-refractivity contribution is 14.1. The molecule has 1 rings (SSSR count). The zero-order valence-corrected chi connectivity index (χ0v) is 12.7. The Kier molecular flexibility index (Phi) is 5.68. The van der Waals surface area contributed by atoms with E-state index in [1.54, 1.807) is 32.2 Å². The second-order valence-corrected chi connectivity index (χ2v) is 6.69. The molecule has 96 valence electrons. The van der Waals surface area contributed by atoms with E-state index < -0.39 is 10.1 Å². The van der Waals surface area contributed by atoms with Gasteiger partial charge in [0.15, 0.2) is 0 Å². The minimum Gasteiger partial charge on any atom is -0.384 e. The fourth-order valence-electron chi connectivity index (χ4n) is 1.38. The monoisotopic (exact) mass is 370 g/mol. The molecule has 1 aromatic carbocycles. The molecule has 0 unspecified atom stereocenters. The number of halogens is 1. The van der Waals surface area contributed by atoms with Gasteiger partial charge in [0.05, 0.1) is 5.75 Å². The number of benzene rings is 1. The van der Waals surface area contributed by atoms with Crippen LogP contribution in [-0.2, 0) is 14.9 Å². The summed E-state index contributed by atoms with van der Waals surface area (Å²) in [6.45, 7) is 2.20. The van der Waals surface area contributed by atoms with Gasteiger partial charge in [0.25, 0.3) is 0 Å². The van der Waals surface area contributed by atoms with Crippen LogP contribution in [0.25, 0.3) is 0 Å². The molecule has 0 fully saturated rings. The third-order valence-corrected chi connectivity index (χ3v) is 4.05. The maximum atomic E-state index is 11.7. The molecule has 0 N–H and O–H groups in total. The van der Waals surface area contributed by atoms with Crippen molar-refractivity contribution in [3.05, 3.63) is 27.8 Å². The average Bonchev–Trinajstić information content (AvgIpc) is 2.15. The quantitative estimate of drug-likeness (QED) is 0.570. The molecule has 0 radical (unpaired) electrons. The van der Waals surface area contributed by atoms with Crippen LogP contribution in [0.5, 0.6) is 5.75 Å². The van der Waals surface area contributed by atoms with Crippen LogP contribution >= 0.6 is 22.6 Å². The Morgan fingerprint density at radius 1 is 1.41 bits per heavy atom. The van der Waals surface area contributed by atoms with E-state index in [-0.39, 0.29) is 11.7 Å². The summed E-state index contributed by atoms with van der Waals surface area (Å²) >= 11 is 2.10. The van der Waals surface area contributed by atoms with Gasteiger partial charge in [-0.2, -0.15) is 8.42 Å². The molecule has 17 heavy (non-hydrogen) atoms. The Labute approximate surface area is 116 Å². The molecule has 0 aliphatic rings. The maximum absolute atomic E-state index is 11.7. The highest BCUT2D eigenvalue weighted by Gasteiger charge is 2.17. The molecule has 1 aromatic rings. The van der Waals surface area contributed by atoms with E-state index in [1.807, 2.05) is 6.07 Å². The van der Waals surface area contributed by atoms with E-state index in [1.165, 1.54) is 0 Å². The predicted octanol–water partition coefficient (Wildman–Crippen LogP) is 2.28. The SMILES string of the molecule is COC[C@@H](C)CS(=O)(=O)Oc1cccc(I)c1. The van der Waals surface area contributed by atoms with Gasteiger partial charge in [0, 0.05) is 17.3 Å². The van der Waals surface area contributed by atoms with E-state index >= 15 is 0 Å².